The molecule has 0 aliphatic carbocycles. The first-order valence-corrected chi connectivity index (χ1v) is 8.12. The van der Waals surface area contributed by atoms with E-state index in [0.29, 0.717) is 12.2 Å². The van der Waals surface area contributed by atoms with E-state index >= 15 is 0 Å². The fourth-order valence-electron chi connectivity index (χ4n) is 2.74. The second-order valence-corrected chi connectivity index (χ2v) is 5.75. The average molecular weight is 319 g/mol. The molecule has 1 N–H and O–H groups in total. The van der Waals surface area contributed by atoms with Crippen LogP contribution in [-0.2, 0) is 6.54 Å². The molecule has 1 heterocycles. The quantitative estimate of drug-likeness (QED) is 0.775. The number of carbonyl (C=O) groups excluding carboxylic acids is 1. The molecule has 0 unspecified atom stereocenters. The van der Waals surface area contributed by atoms with Gasteiger partial charge in [0.1, 0.15) is 11.5 Å². The Hall–Kier alpha value is -2.88. The molecule has 0 bridgehead atoms. The molecule has 2 aromatic carbocycles. The largest absolute Gasteiger partial charge is 0.370 e. The lowest BCUT2D eigenvalue weighted by atomic mass is 10.1. The molecule has 122 valence electrons. The first-order chi connectivity index (χ1) is 11.7. The van der Waals surface area contributed by atoms with Crippen molar-refractivity contribution in [2.45, 2.75) is 13.5 Å². The van der Waals surface area contributed by atoms with Gasteiger partial charge in [-0.25, -0.2) is 4.98 Å². The van der Waals surface area contributed by atoms with Crippen LogP contribution in [0.25, 0.3) is 10.8 Å². The van der Waals surface area contributed by atoms with Gasteiger partial charge in [0.15, 0.2) is 0 Å². The van der Waals surface area contributed by atoms with E-state index in [1.54, 1.807) is 11.9 Å². The van der Waals surface area contributed by atoms with Crippen LogP contribution in [0.1, 0.15) is 23.0 Å². The van der Waals surface area contributed by atoms with E-state index in [9.17, 15) is 4.79 Å². The number of benzene rings is 2. The number of amides is 1. The van der Waals surface area contributed by atoms with E-state index in [4.69, 9.17) is 0 Å². The van der Waals surface area contributed by atoms with Crippen LogP contribution in [0.2, 0.25) is 0 Å². The monoisotopic (exact) mass is 319 g/mol. The Morgan fingerprint density at radius 2 is 1.79 bits per heavy atom. The Morgan fingerprint density at radius 1 is 1.08 bits per heavy atom. The molecule has 24 heavy (non-hydrogen) atoms. The van der Waals surface area contributed by atoms with Crippen molar-refractivity contribution in [2.75, 3.05) is 18.9 Å². The Bertz CT molecular complexity index is 846. The van der Waals surface area contributed by atoms with Crippen LogP contribution in [-0.4, -0.2) is 29.4 Å². The second kappa shape index (κ2) is 7.13. The van der Waals surface area contributed by atoms with Crippen molar-refractivity contribution in [3.05, 3.63) is 71.9 Å². The zero-order valence-corrected chi connectivity index (χ0v) is 14.0. The molecule has 0 saturated carbocycles. The molecule has 0 aliphatic rings. The number of rotatable bonds is 5. The van der Waals surface area contributed by atoms with E-state index in [1.165, 1.54) is 0 Å². The third-order valence-electron chi connectivity index (χ3n) is 3.91. The molecule has 0 spiro atoms. The van der Waals surface area contributed by atoms with Crippen molar-refractivity contribution in [3.63, 3.8) is 0 Å². The molecule has 0 saturated heterocycles. The summed E-state index contributed by atoms with van der Waals surface area (Å²) >= 11 is 0. The fraction of sp³-hybridized carbons (Fsp3) is 0.200. The SMILES string of the molecule is CCNc1nc(C(=O)N(C)Cc2ccccc2)cc2ccccc12. The van der Waals surface area contributed by atoms with Crippen molar-refractivity contribution >= 4 is 22.5 Å². The van der Waals surface area contributed by atoms with Gasteiger partial charge in [-0.05, 0) is 23.9 Å². The predicted octanol–water partition coefficient (Wildman–Crippen LogP) is 3.94. The minimum Gasteiger partial charge on any atom is -0.370 e. The average Bonchev–Trinajstić information content (AvgIpc) is 2.62. The Labute approximate surface area is 142 Å². The molecule has 0 aliphatic heterocycles. The predicted molar refractivity (Wildman–Crippen MR) is 98.1 cm³/mol. The number of carbonyl (C=O) groups is 1. The Kier molecular flexibility index (Phi) is 4.75. The van der Waals surface area contributed by atoms with E-state index in [1.807, 2.05) is 67.6 Å². The standard InChI is InChI=1S/C20H21N3O/c1-3-21-19-17-12-8-7-11-16(17)13-18(22-19)20(24)23(2)14-15-9-5-4-6-10-15/h4-13H,3,14H2,1-2H3,(H,21,22). The Morgan fingerprint density at radius 3 is 2.54 bits per heavy atom. The van der Waals surface area contributed by atoms with Gasteiger partial charge < -0.3 is 10.2 Å². The molecule has 0 atom stereocenters. The molecule has 1 aromatic heterocycles. The van der Waals surface area contributed by atoms with Gasteiger partial charge in [-0.3, -0.25) is 4.79 Å². The van der Waals surface area contributed by atoms with Gasteiger partial charge in [-0.15, -0.1) is 0 Å². The van der Waals surface area contributed by atoms with Crippen molar-refractivity contribution in [1.82, 2.24) is 9.88 Å². The van der Waals surface area contributed by atoms with Crippen molar-refractivity contribution in [1.29, 1.82) is 0 Å². The summed E-state index contributed by atoms with van der Waals surface area (Å²) in [4.78, 5) is 19.0. The highest BCUT2D eigenvalue weighted by Crippen LogP contribution is 2.23. The molecule has 3 rings (SSSR count). The van der Waals surface area contributed by atoms with Crippen LogP contribution >= 0.6 is 0 Å². The topological polar surface area (TPSA) is 45.2 Å². The molecule has 0 radical (unpaired) electrons. The number of aromatic nitrogens is 1. The van der Waals surface area contributed by atoms with Gasteiger partial charge in [-0.1, -0.05) is 54.6 Å². The maximum atomic E-state index is 12.8. The van der Waals surface area contributed by atoms with E-state index < -0.39 is 0 Å². The molecule has 0 fully saturated rings. The summed E-state index contributed by atoms with van der Waals surface area (Å²) < 4.78 is 0. The van der Waals surface area contributed by atoms with E-state index in [0.717, 1.165) is 28.7 Å². The minimum atomic E-state index is -0.0799. The summed E-state index contributed by atoms with van der Waals surface area (Å²) in [7, 11) is 1.80. The van der Waals surface area contributed by atoms with Crippen molar-refractivity contribution < 1.29 is 4.79 Å². The van der Waals surface area contributed by atoms with Crippen molar-refractivity contribution in [2.24, 2.45) is 0 Å². The van der Waals surface area contributed by atoms with Crippen LogP contribution in [0.3, 0.4) is 0 Å². The summed E-state index contributed by atoms with van der Waals surface area (Å²) in [6.07, 6.45) is 0. The lowest BCUT2D eigenvalue weighted by Gasteiger charge is -2.18. The highest BCUT2D eigenvalue weighted by atomic mass is 16.2. The molecule has 1 amide bonds. The van der Waals surface area contributed by atoms with Crippen LogP contribution in [0.4, 0.5) is 5.82 Å². The van der Waals surface area contributed by atoms with E-state index in [-0.39, 0.29) is 5.91 Å². The second-order valence-electron chi connectivity index (χ2n) is 5.75. The first kappa shape index (κ1) is 16.0. The maximum absolute atomic E-state index is 12.8. The van der Waals surface area contributed by atoms with Gasteiger partial charge in [0.05, 0.1) is 0 Å². The summed E-state index contributed by atoms with van der Waals surface area (Å²) in [6.45, 7) is 3.34. The van der Waals surface area contributed by atoms with Gasteiger partial charge >= 0.3 is 0 Å². The lowest BCUT2D eigenvalue weighted by Crippen LogP contribution is -2.27. The zero-order valence-electron chi connectivity index (χ0n) is 14.0. The number of nitrogens with one attached hydrogen (secondary N) is 1. The first-order valence-electron chi connectivity index (χ1n) is 8.12. The lowest BCUT2D eigenvalue weighted by molar-refractivity contribution is 0.0779. The maximum Gasteiger partial charge on any atom is 0.272 e. The number of hydrogen-bond acceptors (Lipinski definition) is 3. The van der Waals surface area contributed by atoms with Crippen LogP contribution < -0.4 is 5.32 Å². The number of anilines is 1. The number of hydrogen-bond donors (Lipinski definition) is 1. The number of pyridine rings is 1. The highest BCUT2D eigenvalue weighted by molar-refractivity contribution is 6.00. The third-order valence-corrected chi connectivity index (χ3v) is 3.91. The number of fused-ring (bicyclic) bond motifs is 1. The van der Waals surface area contributed by atoms with Crippen LogP contribution in [0, 0.1) is 0 Å². The molecular formula is C20H21N3O. The van der Waals surface area contributed by atoms with Gasteiger partial charge in [0.25, 0.3) is 5.91 Å². The summed E-state index contributed by atoms with van der Waals surface area (Å²) in [6, 6.07) is 19.8. The van der Waals surface area contributed by atoms with Gasteiger partial charge in [-0.2, -0.15) is 0 Å². The highest BCUT2D eigenvalue weighted by Gasteiger charge is 2.16. The van der Waals surface area contributed by atoms with Crippen molar-refractivity contribution in [3.8, 4) is 0 Å². The van der Waals surface area contributed by atoms with Gasteiger partial charge in [0.2, 0.25) is 0 Å². The van der Waals surface area contributed by atoms with Crippen LogP contribution in [0.15, 0.2) is 60.7 Å². The number of nitrogens with zero attached hydrogens (tertiary/aromatic N) is 2. The molecular weight excluding hydrogens is 298 g/mol. The minimum absolute atomic E-state index is 0.0799. The van der Waals surface area contributed by atoms with Gasteiger partial charge in [0, 0.05) is 25.5 Å². The summed E-state index contributed by atoms with van der Waals surface area (Å²) in [5.74, 6) is 0.677. The smallest absolute Gasteiger partial charge is 0.272 e. The third kappa shape index (κ3) is 3.38. The summed E-state index contributed by atoms with van der Waals surface area (Å²) in [5.41, 5.74) is 1.56. The van der Waals surface area contributed by atoms with E-state index in [2.05, 4.69) is 10.3 Å². The molecule has 4 nitrogen and oxygen atoms in total. The zero-order chi connectivity index (χ0) is 16.9. The molecule has 3 aromatic rings. The van der Waals surface area contributed by atoms with Crippen LogP contribution in [0.5, 0.6) is 0 Å². The normalized spacial score (nSPS) is 10.6. The Balaban J connectivity index is 1.91. The fourth-order valence-corrected chi connectivity index (χ4v) is 2.74. The molecule has 4 heteroatoms. The summed E-state index contributed by atoms with van der Waals surface area (Å²) in [5, 5.41) is 5.30.